The van der Waals surface area contributed by atoms with Crippen LogP contribution >= 0.6 is 11.6 Å². The summed E-state index contributed by atoms with van der Waals surface area (Å²) in [4.78, 5) is 18.5. The highest BCUT2D eigenvalue weighted by Crippen LogP contribution is 2.21. The Kier molecular flexibility index (Phi) is 5.38. The summed E-state index contributed by atoms with van der Waals surface area (Å²) < 4.78 is 0. The summed E-state index contributed by atoms with van der Waals surface area (Å²) in [5.74, 6) is -0.151. The summed E-state index contributed by atoms with van der Waals surface area (Å²) in [6.07, 6.45) is 6.74. The van der Waals surface area contributed by atoms with Gasteiger partial charge in [0.2, 0.25) is 0 Å². The molecule has 1 fully saturated rings. The van der Waals surface area contributed by atoms with E-state index in [0.717, 1.165) is 12.2 Å². The zero-order chi connectivity index (χ0) is 14.5. The van der Waals surface area contributed by atoms with Gasteiger partial charge in [0.05, 0.1) is 10.6 Å². The Morgan fingerprint density at radius 1 is 1.50 bits per heavy atom. The van der Waals surface area contributed by atoms with Crippen molar-refractivity contribution in [3.63, 3.8) is 0 Å². The number of nitrogens with zero attached hydrogens (tertiary/aromatic N) is 2. The van der Waals surface area contributed by atoms with Crippen LogP contribution in [0.5, 0.6) is 0 Å². The number of aromatic nitrogens is 1. The largest absolute Gasteiger partial charge is 0.351 e. The number of likely N-dealkylation sites (N-methyl/N-ethyl adjacent to an activating group) is 1. The van der Waals surface area contributed by atoms with Crippen LogP contribution in [0.25, 0.3) is 0 Å². The highest BCUT2D eigenvalue weighted by molar-refractivity contribution is 6.33. The predicted molar refractivity (Wildman–Crippen MR) is 81.2 cm³/mol. The fraction of sp³-hybridized carbons (Fsp3) is 0.600. The SMILES string of the molecule is Cc1cc(Cl)c(C(=O)NCCN(C)C2CCCC2)cn1. The third kappa shape index (κ3) is 3.93. The van der Waals surface area contributed by atoms with E-state index in [2.05, 4.69) is 22.2 Å². The third-order valence-corrected chi connectivity index (χ3v) is 4.25. The van der Waals surface area contributed by atoms with E-state index in [9.17, 15) is 4.79 Å². The van der Waals surface area contributed by atoms with E-state index in [-0.39, 0.29) is 5.91 Å². The fourth-order valence-electron chi connectivity index (χ4n) is 2.66. The summed E-state index contributed by atoms with van der Waals surface area (Å²) in [6.45, 7) is 3.35. The Hall–Kier alpha value is -1.13. The Morgan fingerprint density at radius 2 is 2.20 bits per heavy atom. The molecule has 5 heteroatoms. The van der Waals surface area contributed by atoms with Gasteiger partial charge in [0.25, 0.3) is 5.91 Å². The molecule has 1 aliphatic rings. The minimum Gasteiger partial charge on any atom is -0.351 e. The van der Waals surface area contributed by atoms with Gasteiger partial charge in [-0.25, -0.2) is 0 Å². The maximum atomic E-state index is 12.0. The van der Waals surface area contributed by atoms with Gasteiger partial charge in [0.15, 0.2) is 0 Å². The van der Waals surface area contributed by atoms with Crippen molar-refractivity contribution < 1.29 is 4.79 Å². The average molecular weight is 296 g/mol. The standard InChI is InChI=1S/C15H22ClN3O/c1-11-9-14(16)13(10-18-11)15(20)17-7-8-19(2)12-5-3-4-6-12/h9-10,12H,3-8H2,1-2H3,(H,17,20). The van der Waals surface area contributed by atoms with Crippen LogP contribution in [0.2, 0.25) is 5.02 Å². The lowest BCUT2D eigenvalue weighted by Gasteiger charge is -2.23. The summed E-state index contributed by atoms with van der Waals surface area (Å²) in [5.41, 5.74) is 1.26. The summed E-state index contributed by atoms with van der Waals surface area (Å²) in [7, 11) is 2.13. The van der Waals surface area contributed by atoms with Crippen LogP contribution < -0.4 is 5.32 Å². The van der Waals surface area contributed by atoms with E-state index < -0.39 is 0 Å². The van der Waals surface area contributed by atoms with E-state index in [1.807, 2.05) is 6.92 Å². The predicted octanol–water partition coefficient (Wildman–Crippen LogP) is 2.65. The zero-order valence-corrected chi connectivity index (χ0v) is 12.9. The molecule has 0 unspecified atom stereocenters. The molecule has 1 amide bonds. The highest BCUT2D eigenvalue weighted by atomic mass is 35.5. The molecule has 1 heterocycles. The van der Waals surface area contributed by atoms with Gasteiger partial charge in [0, 0.05) is 31.0 Å². The molecule has 2 rings (SSSR count). The second kappa shape index (κ2) is 7.04. The molecule has 1 N–H and O–H groups in total. The third-order valence-electron chi connectivity index (χ3n) is 3.93. The number of pyridine rings is 1. The summed E-state index contributed by atoms with van der Waals surface area (Å²) in [6, 6.07) is 2.39. The molecule has 0 bridgehead atoms. The molecule has 1 saturated carbocycles. The Morgan fingerprint density at radius 3 is 2.85 bits per heavy atom. The first-order valence-corrected chi connectivity index (χ1v) is 7.56. The van der Waals surface area contributed by atoms with Crippen LogP contribution in [-0.4, -0.2) is 42.0 Å². The van der Waals surface area contributed by atoms with Crippen molar-refractivity contribution in [3.8, 4) is 0 Å². The van der Waals surface area contributed by atoms with E-state index in [4.69, 9.17) is 11.6 Å². The first kappa shape index (κ1) is 15.3. The quantitative estimate of drug-likeness (QED) is 0.908. The number of hydrogen-bond donors (Lipinski definition) is 1. The van der Waals surface area contributed by atoms with E-state index >= 15 is 0 Å². The number of rotatable bonds is 5. The number of carbonyl (C=O) groups excluding carboxylic acids is 1. The summed E-state index contributed by atoms with van der Waals surface area (Å²) in [5, 5.41) is 3.37. The van der Waals surface area contributed by atoms with Crippen LogP contribution in [0.15, 0.2) is 12.3 Å². The molecular formula is C15H22ClN3O. The zero-order valence-electron chi connectivity index (χ0n) is 12.2. The minimum atomic E-state index is -0.151. The smallest absolute Gasteiger partial charge is 0.254 e. The average Bonchev–Trinajstić information content (AvgIpc) is 2.92. The molecule has 20 heavy (non-hydrogen) atoms. The number of aryl methyl sites for hydroxylation is 1. The van der Waals surface area contributed by atoms with Gasteiger partial charge < -0.3 is 10.2 Å². The lowest BCUT2D eigenvalue weighted by Crippen LogP contribution is -2.37. The Labute approximate surface area is 125 Å². The van der Waals surface area contributed by atoms with Crippen LogP contribution in [-0.2, 0) is 0 Å². The van der Waals surface area contributed by atoms with E-state index in [1.165, 1.54) is 31.9 Å². The van der Waals surface area contributed by atoms with Gasteiger partial charge in [-0.15, -0.1) is 0 Å². The maximum Gasteiger partial charge on any atom is 0.254 e. The molecule has 1 aromatic heterocycles. The van der Waals surface area contributed by atoms with Crippen LogP contribution in [0.1, 0.15) is 41.7 Å². The van der Waals surface area contributed by atoms with E-state index in [0.29, 0.717) is 23.2 Å². The number of amides is 1. The Balaban J connectivity index is 1.80. The van der Waals surface area contributed by atoms with E-state index in [1.54, 1.807) is 6.07 Å². The number of hydrogen-bond acceptors (Lipinski definition) is 3. The van der Waals surface area contributed by atoms with Crippen LogP contribution in [0.4, 0.5) is 0 Å². The van der Waals surface area contributed by atoms with Crippen LogP contribution in [0.3, 0.4) is 0 Å². The molecule has 0 atom stereocenters. The van der Waals surface area contributed by atoms with Crippen molar-refractivity contribution in [3.05, 3.63) is 28.5 Å². The molecular weight excluding hydrogens is 274 g/mol. The molecule has 110 valence electrons. The van der Waals surface area contributed by atoms with Crippen molar-refractivity contribution in [2.45, 2.75) is 38.6 Å². The van der Waals surface area contributed by atoms with Crippen molar-refractivity contribution in [1.82, 2.24) is 15.2 Å². The molecule has 0 aromatic carbocycles. The van der Waals surface area contributed by atoms with Gasteiger partial charge in [0.1, 0.15) is 0 Å². The molecule has 4 nitrogen and oxygen atoms in total. The number of nitrogens with one attached hydrogen (secondary N) is 1. The number of carbonyl (C=O) groups is 1. The number of halogens is 1. The minimum absolute atomic E-state index is 0.151. The first-order chi connectivity index (χ1) is 9.58. The maximum absolute atomic E-state index is 12.0. The topological polar surface area (TPSA) is 45.2 Å². The van der Waals surface area contributed by atoms with Crippen LogP contribution in [0, 0.1) is 6.92 Å². The van der Waals surface area contributed by atoms with Gasteiger partial charge in [-0.2, -0.15) is 0 Å². The molecule has 1 aromatic rings. The van der Waals surface area contributed by atoms with Crippen molar-refractivity contribution >= 4 is 17.5 Å². The fourth-order valence-corrected chi connectivity index (χ4v) is 2.95. The highest BCUT2D eigenvalue weighted by Gasteiger charge is 2.19. The summed E-state index contributed by atoms with van der Waals surface area (Å²) >= 11 is 6.06. The first-order valence-electron chi connectivity index (χ1n) is 7.18. The van der Waals surface area contributed by atoms with Crippen molar-refractivity contribution in [1.29, 1.82) is 0 Å². The molecule has 0 saturated heterocycles. The lowest BCUT2D eigenvalue weighted by atomic mass is 10.2. The van der Waals surface area contributed by atoms with Gasteiger partial charge >= 0.3 is 0 Å². The monoisotopic (exact) mass is 295 g/mol. The second-order valence-corrected chi connectivity index (χ2v) is 5.89. The van der Waals surface area contributed by atoms with Crippen molar-refractivity contribution in [2.75, 3.05) is 20.1 Å². The van der Waals surface area contributed by atoms with Gasteiger partial charge in [-0.1, -0.05) is 24.4 Å². The normalized spacial score (nSPS) is 15.8. The Bertz CT molecular complexity index is 472. The molecule has 0 spiro atoms. The lowest BCUT2D eigenvalue weighted by molar-refractivity contribution is 0.0947. The van der Waals surface area contributed by atoms with Gasteiger partial charge in [-0.3, -0.25) is 9.78 Å². The van der Waals surface area contributed by atoms with Gasteiger partial charge in [-0.05, 0) is 32.9 Å². The second-order valence-electron chi connectivity index (χ2n) is 5.48. The molecule has 0 radical (unpaired) electrons. The van der Waals surface area contributed by atoms with Crippen molar-refractivity contribution in [2.24, 2.45) is 0 Å². The molecule has 1 aliphatic carbocycles. The molecule has 0 aliphatic heterocycles.